The van der Waals surface area contributed by atoms with Gasteiger partial charge in [-0.2, -0.15) is 0 Å². The van der Waals surface area contributed by atoms with Crippen molar-refractivity contribution < 1.29 is 24.5 Å². The first-order valence-electron chi connectivity index (χ1n) is 4.80. The van der Waals surface area contributed by atoms with Crippen LogP contribution in [0.1, 0.15) is 20.8 Å². The molecule has 1 aliphatic heterocycles. The number of hydrogen-bond donors (Lipinski definition) is 2. The Balaban J connectivity index is 2.67. The third-order valence-electron chi connectivity index (χ3n) is 2.23. The summed E-state index contributed by atoms with van der Waals surface area (Å²) in [5.41, 5.74) is 0. The van der Waals surface area contributed by atoms with Crippen LogP contribution < -0.4 is 0 Å². The Morgan fingerprint density at radius 3 is 2.60 bits per heavy atom. The van der Waals surface area contributed by atoms with Crippen molar-refractivity contribution in [2.24, 2.45) is 5.92 Å². The average Bonchev–Trinajstić information content (AvgIpc) is 2.32. The van der Waals surface area contributed by atoms with Crippen LogP contribution in [0.3, 0.4) is 0 Å². The molecule has 2 N–H and O–H groups in total. The minimum Gasteiger partial charge on any atom is -0.390 e. The fraction of sp³-hybridized carbons (Fsp3) is 0.800. The summed E-state index contributed by atoms with van der Waals surface area (Å²) in [5, 5.41) is 19.1. The zero-order valence-electron chi connectivity index (χ0n) is 9.01. The fourth-order valence-corrected chi connectivity index (χ4v) is 1.44. The van der Waals surface area contributed by atoms with Crippen LogP contribution in [0.5, 0.6) is 0 Å². The first-order chi connectivity index (χ1) is 6.85. The molecule has 0 aromatic heterocycles. The molecule has 0 spiro atoms. The number of rotatable bonds is 3. The Labute approximate surface area is 88.3 Å². The molecule has 86 valence electrons. The van der Waals surface area contributed by atoms with E-state index < -0.39 is 24.3 Å². The molecule has 1 aliphatic rings. The lowest BCUT2D eigenvalue weighted by molar-refractivity contribution is -0.274. The molecule has 0 aromatic carbocycles. The molecule has 0 bridgehead atoms. The van der Waals surface area contributed by atoms with Gasteiger partial charge in [0.05, 0.1) is 6.10 Å². The summed E-state index contributed by atoms with van der Waals surface area (Å²) in [6, 6.07) is 0. The van der Waals surface area contributed by atoms with E-state index in [1.165, 1.54) is 13.8 Å². The van der Waals surface area contributed by atoms with Gasteiger partial charge in [-0.15, -0.1) is 0 Å². The van der Waals surface area contributed by atoms with Gasteiger partial charge in [0.25, 0.3) is 0 Å². The van der Waals surface area contributed by atoms with Crippen LogP contribution >= 0.6 is 0 Å². The molecule has 4 atom stereocenters. The molecule has 0 aliphatic carbocycles. The fourth-order valence-electron chi connectivity index (χ4n) is 1.44. The van der Waals surface area contributed by atoms with E-state index >= 15 is 0 Å². The van der Waals surface area contributed by atoms with Crippen LogP contribution in [-0.4, -0.2) is 40.4 Å². The molecule has 1 rings (SSSR count). The maximum Gasteiger partial charge on any atom is 0.167 e. The molecule has 0 saturated carbocycles. The molecule has 0 radical (unpaired) electrons. The minimum absolute atomic E-state index is 0.314. The Kier molecular flexibility index (Phi) is 3.65. The van der Waals surface area contributed by atoms with Crippen LogP contribution in [0.2, 0.25) is 0 Å². The van der Waals surface area contributed by atoms with Crippen molar-refractivity contribution >= 4 is 5.94 Å². The maximum absolute atomic E-state index is 10.1. The molecular formula is C10H16O5. The van der Waals surface area contributed by atoms with E-state index in [1.54, 1.807) is 12.9 Å². The lowest BCUT2D eigenvalue weighted by Gasteiger charge is -2.25. The predicted octanol–water partition coefficient (Wildman–Crippen LogP) is -0.159. The predicted molar refractivity (Wildman–Crippen MR) is 51.5 cm³/mol. The van der Waals surface area contributed by atoms with Crippen LogP contribution in [0.4, 0.5) is 0 Å². The maximum atomic E-state index is 10.1. The monoisotopic (exact) mass is 216 g/mol. The normalized spacial score (nSPS) is 36.3. The molecule has 1 heterocycles. The molecular weight excluding hydrogens is 200 g/mol. The lowest BCUT2D eigenvalue weighted by Crippen LogP contribution is -2.33. The van der Waals surface area contributed by atoms with Crippen molar-refractivity contribution in [2.45, 2.75) is 45.1 Å². The van der Waals surface area contributed by atoms with Gasteiger partial charge in [-0.05, 0) is 13.8 Å². The summed E-state index contributed by atoms with van der Waals surface area (Å²) in [6.07, 6.45) is -1.16. The first-order valence-corrected chi connectivity index (χ1v) is 4.80. The third kappa shape index (κ3) is 3.12. The van der Waals surface area contributed by atoms with Gasteiger partial charge in [0.2, 0.25) is 0 Å². The van der Waals surface area contributed by atoms with Crippen molar-refractivity contribution in [1.29, 1.82) is 0 Å². The zero-order valence-corrected chi connectivity index (χ0v) is 9.01. The Morgan fingerprint density at radius 1 is 1.53 bits per heavy atom. The minimum atomic E-state index is -1.33. The number of aliphatic hydroxyl groups excluding tert-OH is 1. The van der Waals surface area contributed by atoms with Crippen molar-refractivity contribution in [3.05, 3.63) is 6.08 Å². The Hall–Kier alpha value is -0.710. The Morgan fingerprint density at radius 2 is 2.13 bits per heavy atom. The van der Waals surface area contributed by atoms with Crippen molar-refractivity contribution in [3.63, 3.8) is 0 Å². The highest BCUT2D eigenvalue weighted by Crippen LogP contribution is 2.30. The quantitative estimate of drug-likeness (QED) is 0.506. The molecule has 1 saturated heterocycles. The summed E-state index contributed by atoms with van der Waals surface area (Å²) in [7, 11) is 0. The third-order valence-corrected chi connectivity index (χ3v) is 2.23. The SMILES string of the molecule is C[C@H]1[C@@H](OC(C)(C)O)O[C@H](C=C=O)[C@@H]1O. The zero-order chi connectivity index (χ0) is 11.6. The van der Waals surface area contributed by atoms with Gasteiger partial charge in [0.1, 0.15) is 12.0 Å². The number of hydrogen-bond acceptors (Lipinski definition) is 5. The smallest absolute Gasteiger partial charge is 0.167 e. The van der Waals surface area contributed by atoms with Gasteiger partial charge in [-0.3, -0.25) is 0 Å². The first kappa shape index (κ1) is 12.4. The second-order valence-electron chi connectivity index (χ2n) is 4.17. The summed E-state index contributed by atoms with van der Waals surface area (Å²) >= 11 is 0. The standard InChI is InChI=1S/C10H16O5/c1-6-8(12)7(4-5-11)14-9(6)15-10(2,3)13/h4,6-9,12-13H,1-3H3/t6-,7-,8-,9-/m1/s1. The highest BCUT2D eigenvalue weighted by atomic mass is 16.7. The molecule has 5 nitrogen and oxygen atoms in total. The largest absolute Gasteiger partial charge is 0.390 e. The second kappa shape index (κ2) is 4.43. The van der Waals surface area contributed by atoms with Gasteiger partial charge in [0, 0.05) is 12.0 Å². The second-order valence-corrected chi connectivity index (χ2v) is 4.17. The molecule has 15 heavy (non-hydrogen) atoms. The Bertz CT molecular complexity index is 263. The van der Waals surface area contributed by atoms with Gasteiger partial charge >= 0.3 is 0 Å². The lowest BCUT2D eigenvalue weighted by atomic mass is 10.0. The summed E-state index contributed by atoms with van der Waals surface area (Å²) in [5.74, 6) is -0.0828. The number of aliphatic hydroxyl groups is 2. The molecule has 0 aromatic rings. The van der Waals surface area contributed by atoms with Gasteiger partial charge in [0.15, 0.2) is 12.1 Å². The van der Waals surface area contributed by atoms with E-state index in [0.717, 1.165) is 6.08 Å². The molecule has 0 amide bonds. The van der Waals surface area contributed by atoms with Crippen LogP contribution in [-0.2, 0) is 14.3 Å². The topological polar surface area (TPSA) is 76.0 Å². The van der Waals surface area contributed by atoms with Crippen molar-refractivity contribution in [1.82, 2.24) is 0 Å². The van der Waals surface area contributed by atoms with Crippen LogP contribution in [0.25, 0.3) is 0 Å². The average molecular weight is 216 g/mol. The van der Waals surface area contributed by atoms with E-state index in [0.29, 0.717) is 0 Å². The van der Waals surface area contributed by atoms with E-state index in [9.17, 15) is 15.0 Å². The van der Waals surface area contributed by atoms with Crippen molar-refractivity contribution in [2.75, 3.05) is 0 Å². The molecule has 5 heteroatoms. The number of ether oxygens (including phenoxy) is 2. The van der Waals surface area contributed by atoms with Gasteiger partial charge < -0.3 is 19.7 Å². The summed E-state index contributed by atoms with van der Waals surface area (Å²) in [6.45, 7) is 4.66. The van der Waals surface area contributed by atoms with E-state index in [4.69, 9.17) is 9.47 Å². The van der Waals surface area contributed by atoms with Crippen LogP contribution in [0.15, 0.2) is 6.08 Å². The highest BCUT2D eigenvalue weighted by Gasteiger charge is 2.42. The van der Waals surface area contributed by atoms with E-state index in [-0.39, 0.29) is 5.92 Å². The van der Waals surface area contributed by atoms with Crippen molar-refractivity contribution in [3.8, 4) is 0 Å². The van der Waals surface area contributed by atoms with Gasteiger partial charge in [-0.25, -0.2) is 4.79 Å². The highest BCUT2D eigenvalue weighted by molar-refractivity contribution is 5.46. The van der Waals surface area contributed by atoms with Gasteiger partial charge in [-0.1, -0.05) is 6.92 Å². The van der Waals surface area contributed by atoms with Crippen LogP contribution in [0, 0.1) is 5.92 Å². The summed E-state index contributed by atoms with van der Waals surface area (Å²) in [4.78, 5) is 10.1. The van der Waals surface area contributed by atoms with E-state index in [1.807, 2.05) is 0 Å². The molecule has 0 unspecified atom stereocenters. The van der Waals surface area contributed by atoms with E-state index in [2.05, 4.69) is 0 Å². The summed E-state index contributed by atoms with van der Waals surface area (Å²) < 4.78 is 10.4. The molecule has 1 fully saturated rings. The number of carbonyl (C=O) groups excluding carboxylic acids is 1.